The largest absolute Gasteiger partial charge is 0.277 e. The highest BCUT2D eigenvalue weighted by atomic mass is 16.6. The Bertz CT molecular complexity index is 123. The van der Waals surface area contributed by atoms with E-state index in [1.807, 2.05) is 6.92 Å². The van der Waals surface area contributed by atoms with Gasteiger partial charge in [-0.3, -0.25) is 9.63 Å². The van der Waals surface area contributed by atoms with E-state index < -0.39 is 0 Å². The molecule has 0 aromatic heterocycles. The molecule has 1 amide bonds. The first-order valence-electron chi connectivity index (χ1n) is 3.90. The molecule has 0 aliphatic rings. The molecule has 0 radical (unpaired) electrons. The summed E-state index contributed by atoms with van der Waals surface area (Å²) in [5, 5.41) is 0. The van der Waals surface area contributed by atoms with Crippen LogP contribution < -0.4 is 5.48 Å². The Morgan fingerprint density at radius 3 is 2.36 bits per heavy atom. The Morgan fingerprint density at radius 2 is 2.00 bits per heavy atom. The molecule has 0 saturated carbocycles. The van der Waals surface area contributed by atoms with E-state index in [2.05, 4.69) is 24.2 Å². The van der Waals surface area contributed by atoms with Crippen molar-refractivity contribution in [3.05, 3.63) is 0 Å². The van der Waals surface area contributed by atoms with Crippen LogP contribution in [0.3, 0.4) is 0 Å². The number of nitrogens with one attached hydrogen (secondary N) is 1. The summed E-state index contributed by atoms with van der Waals surface area (Å²) >= 11 is 0. The molecule has 0 heterocycles. The normalized spacial score (nSPS) is 13.2. The molecule has 0 fully saturated rings. The van der Waals surface area contributed by atoms with Crippen molar-refractivity contribution in [3.63, 3.8) is 0 Å². The van der Waals surface area contributed by atoms with Gasteiger partial charge in [0.15, 0.2) is 0 Å². The van der Waals surface area contributed by atoms with Gasteiger partial charge in [-0.25, -0.2) is 5.48 Å². The lowest BCUT2D eigenvalue weighted by Crippen LogP contribution is -2.28. The van der Waals surface area contributed by atoms with Gasteiger partial charge in [-0.1, -0.05) is 20.8 Å². The second-order valence-corrected chi connectivity index (χ2v) is 3.20. The number of hydroxylamine groups is 1. The summed E-state index contributed by atoms with van der Waals surface area (Å²) in [5.74, 6) is 0.545. The molecule has 0 bridgehead atoms. The molecular formula is C8H17NO2. The Balaban J connectivity index is 3.64. The maximum atomic E-state index is 11.0. The molecule has 3 nitrogen and oxygen atoms in total. The van der Waals surface area contributed by atoms with Crippen molar-refractivity contribution in [2.75, 3.05) is 7.11 Å². The molecule has 11 heavy (non-hydrogen) atoms. The lowest BCUT2D eigenvalue weighted by molar-refractivity contribution is -0.135. The second-order valence-electron chi connectivity index (χ2n) is 3.20. The number of hydrogen-bond donors (Lipinski definition) is 1. The van der Waals surface area contributed by atoms with Crippen molar-refractivity contribution >= 4 is 5.91 Å². The molecule has 66 valence electrons. The minimum Gasteiger partial charge on any atom is -0.277 e. The average molecular weight is 159 g/mol. The first kappa shape index (κ1) is 10.4. The smallest absolute Gasteiger partial charge is 0.246 e. The number of carbonyl (C=O) groups is 1. The molecule has 0 aliphatic carbocycles. The molecule has 0 aromatic rings. The standard InChI is InChI=1S/C8H17NO2/c1-6(2)5-7(3)8(10)9-11-4/h6-7H,5H2,1-4H3,(H,9,10). The van der Waals surface area contributed by atoms with E-state index in [1.165, 1.54) is 7.11 Å². The van der Waals surface area contributed by atoms with Crippen molar-refractivity contribution in [1.29, 1.82) is 0 Å². The first-order valence-corrected chi connectivity index (χ1v) is 3.90. The Hall–Kier alpha value is -0.570. The molecule has 1 N–H and O–H groups in total. The molecule has 0 rings (SSSR count). The van der Waals surface area contributed by atoms with Crippen LogP contribution in [-0.2, 0) is 9.63 Å². The predicted molar refractivity (Wildman–Crippen MR) is 43.8 cm³/mol. The molecule has 0 aromatic carbocycles. The third-order valence-corrected chi connectivity index (χ3v) is 1.48. The number of carbonyl (C=O) groups excluding carboxylic acids is 1. The summed E-state index contributed by atoms with van der Waals surface area (Å²) in [4.78, 5) is 15.5. The number of amides is 1. The van der Waals surface area contributed by atoms with Crippen LogP contribution in [0.1, 0.15) is 27.2 Å². The lowest BCUT2D eigenvalue weighted by Gasteiger charge is -2.12. The molecule has 1 unspecified atom stereocenters. The van der Waals surface area contributed by atoms with Crippen LogP contribution in [0.4, 0.5) is 0 Å². The van der Waals surface area contributed by atoms with Crippen LogP contribution in [0.15, 0.2) is 0 Å². The van der Waals surface area contributed by atoms with Gasteiger partial charge >= 0.3 is 0 Å². The fourth-order valence-corrected chi connectivity index (χ4v) is 1.02. The van der Waals surface area contributed by atoms with Crippen LogP contribution >= 0.6 is 0 Å². The van der Waals surface area contributed by atoms with Crippen LogP contribution in [0.2, 0.25) is 0 Å². The molecular weight excluding hydrogens is 142 g/mol. The highest BCUT2D eigenvalue weighted by Gasteiger charge is 2.13. The zero-order valence-electron chi connectivity index (χ0n) is 7.68. The van der Waals surface area contributed by atoms with E-state index in [0.717, 1.165) is 6.42 Å². The minimum absolute atomic E-state index is 0.0370. The predicted octanol–water partition coefficient (Wildman–Crippen LogP) is 1.35. The van der Waals surface area contributed by atoms with E-state index in [1.54, 1.807) is 0 Å². The fraction of sp³-hybridized carbons (Fsp3) is 0.875. The van der Waals surface area contributed by atoms with Gasteiger partial charge in [-0.2, -0.15) is 0 Å². The molecule has 0 saturated heterocycles. The summed E-state index contributed by atoms with van der Waals surface area (Å²) < 4.78 is 0. The fourth-order valence-electron chi connectivity index (χ4n) is 1.02. The summed E-state index contributed by atoms with van der Waals surface area (Å²) in [6, 6.07) is 0. The minimum atomic E-state index is -0.0406. The van der Waals surface area contributed by atoms with Crippen LogP contribution in [0.5, 0.6) is 0 Å². The van der Waals surface area contributed by atoms with Gasteiger partial charge in [0, 0.05) is 5.92 Å². The van der Waals surface area contributed by atoms with E-state index in [9.17, 15) is 4.79 Å². The van der Waals surface area contributed by atoms with Gasteiger partial charge in [-0.15, -0.1) is 0 Å². The third-order valence-electron chi connectivity index (χ3n) is 1.48. The van der Waals surface area contributed by atoms with Crippen molar-refractivity contribution in [1.82, 2.24) is 5.48 Å². The van der Waals surface area contributed by atoms with E-state index in [4.69, 9.17) is 0 Å². The van der Waals surface area contributed by atoms with Crippen molar-refractivity contribution in [2.45, 2.75) is 27.2 Å². The van der Waals surface area contributed by atoms with Gasteiger partial charge in [-0.05, 0) is 12.3 Å². The Labute approximate surface area is 68.1 Å². The first-order chi connectivity index (χ1) is 5.07. The molecule has 3 heteroatoms. The van der Waals surface area contributed by atoms with E-state index >= 15 is 0 Å². The highest BCUT2D eigenvalue weighted by molar-refractivity contribution is 5.77. The summed E-state index contributed by atoms with van der Waals surface area (Å²) in [6.45, 7) is 6.08. The van der Waals surface area contributed by atoms with Gasteiger partial charge in [0.25, 0.3) is 0 Å². The van der Waals surface area contributed by atoms with Crippen molar-refractivity contribution in [3.8, 4) is 0 Å². The Kier molecular flexibility index (Phi) is 4.86. The van der Waals surface area contributed by atoms with Crippen LogP contribution in [0, 0.1) is 11.8 Å². The van der Waals surface area contributed by atoms with Gasteiger partial charge in [0.05, 0.1) is 7.11 Å². The van der Waals surface area contributed by atoms with Gasteiger partial charge in [0.1, 0.15) is 0 Å². The molecule has 0 spiro atoms. The summed E-state index contributed by atoms with van der Waals surface area (Å²) in [7, 11) is 1.44. The quantitative estimate of drug-likeness (QED) is 0.629. The zero-order chi connectivity index (χ0) is 8.85. The maximum Gasteiger partial charge on any atom is 0.246 e. The summed E-state index contributed by atoms with van der Waals surface area (Å²) in [6.07, 6.45) is 0.898. The molecule has 1 atom stereocenters. The van der Waals surface area contributed by atoms with Gasteiger partial charge in [0.2, 0.25) is 5.91 Å². The number of hydrogen-bond acceptors (Lipinski definition) is 2. The van der Waals surface area contributed by atoms with E-state index in [-0.39, 0.29) is 11.8 Å². The average Bonchev–Trinajstić information content (AvgIpc) is 1.86. The van der Waals surface area contributed by atoms with E-state index in [0.29, 0.717) is 5.92 Å². The maximum absolute atomic E-state index is 11.0. The molecule has 0 aliphatic heterocycles. The Morgan fingerprint density at radius 1 is 1.45 bits per heavy atom. The van der Waals surface area contributed by atoms with Gasteiger partial charge < -0.3 is 0 Å². The third kappa shape index (κ3) is 4.79. The zero-order valence-corrected chi connectivity index (χ0v) is 7.68. The van der Waals surface area contributed by atoms with Crippen LogP contribution in [0.25, 0.3) is 0 Å². The summed E-state index contributed by atoms with van der Waals surface area (Å²) in [5.41, 5.74) is 2.31. The van der Waals surface area contributed by atoms with Crippen LogP contribution in [-0.4, -0.2) is 13.0 Å². The lowest BCUT2D eigenvalue weighted by atomic mass is 9.99. The number of rotatable bonds is 4. The second kappa shape index (κ2) is 5.13. The topological polar surface area (TPSA) is 38.3 Å². The van der Waals surface area contributed by atoms with Crippen molar-refractivity contribution in [2.24, 2.45) is 11.8 Å². The monoisotopic (exact) mass is 159 g/mol. The SMILES string of the molecule is CONC(=O)C(C)CC(C)C. The highest BCUT2D eigenvalue weighted by Crippen LogP contribution is 2.10. The van der Waals surface area contributed by atoms with Crippen molar-refractivity contribution < 1.29 is 9.63 Å².